The van der Waals surface area contributed by atoms with Crippen LogP contribution in [0.1, 0.15) is 52.6 Å². The number of hydrogen-bond acceptors (Lipinski definition) is 0. The third-order valence-electron chi connectivity index (χ3n) is 9.10. The topological polar surface area (TPSA) is 0 Å². The van der Waals surface area contributed by atoms with Gasteiger partial charge in [0.2, 0.25) is 0 Å². The fraction of sp³-hybridized carbons (Fsp3) is 0.222. The van der Waals surface area contributed by atoms with Gasteiger partial charge in [-0.2, -0.15) is 0 Å². The minimum Gasteiger partial charge on any atom is -0.0620 e. The second kappa shape index (κ2) is 8.20. The Morgan fingerprint density at radius 3 is 1.36 bits per heavy atom. The Labute approximate surface area is 215 Å². The lowest BCUT2D eigenvalue weighted by molar-refractivity contribution is 0.235. The zero-order valence-corrected chi connectivity index (χ0v) is 21.3. The molecule has 3 aliphatic rings. The average molecular weight is 465 g/mol. The molecule has 0 saturated heterocycles. The Kier molecular flexibility index (Phi) is 4.93. The predicted octanol–water partition coefficient (Wildman–Crippen LogP) is 9.39. The van der Waals surface area contributed by atoms with Crippen LogP contribution in [-0.2, 0) is 12.8 Å². The quantitative estimate of drug-likeness (QED) is 0.282. The van der Waals surface area contributed by atoms with Gasteiger partial charge in [-0.15, -0.1) is 0 Å². The van der Waals surface area contributed by atoms with Gasteiger partial charge in [-0.3, -0.25) is 0 Å². The van der Waals surface area contributed by atoms with Crippen LogP contribution >= 0.6 is 0 Å². The molecule has 0 bridgehead atoms. The first-order valence-corrected chi connectivity index (χ1v) is 13.4. The van der Waals surface area contributed by atoms with E-state index in [9.17, 15) is 0 Å². The van der Waals surface area contributed by atoms with Gasteiger partial charge >= 0.3 is 0 Å². The maximum Gasteiger partial charge on any atom is 0.0134 e. The molecule has 0 atom stereocenters. The molecule has 1 saturated carbocycles. The van der Waals surface area contributed by atoms with Crippen molar-refractivity contribution in [2.75, 3.05) is 0 Å². The molecule has 0 heteroatoms. The van der Waals surface area contributed by atoms with Gasteiger partial charge in [-0.25, -0.2) is 0 Å². The van der Waals surface area contributed by atoms with Crippen molar-refractivity contribution in [3.8, 4) is 22.3 Å². The van der Waals surface area contributed by atoms with E-state index >= 15 is 0 Å². The van der Waals surface area contributed by atoms with E-state index in [1.165, 1.54) is 74.9 Å². The van der Waals surface area contributed by atoms with Crippen LogP contribution < -0.4 is 0 Å². The fourth-order valence-electron chi connectivity index (χ4n) is 6.95. The highest BCUT2D eigenvalue weighted by Crippen LogP contribution is 2.58. The highest BCUT2D eigenvalue weighted by Gasteiger charge is 2.46. The predicted molar refractivity (Wildman–Crippen MR) is 153 cm³/mol. The fourth-order valence-corrected chi connectivity index (χ4v) is 6.95. The molecule has 3 aliphatic carbocycles. The summed E-state index contributed by atoms with van der Waals surface area (Å²) in [7, 11) is 0. The van der Waals surface area contributed by atoms with Gasteiger partial charge in [0.1, 0.15) is 0 Å². The van der Waals surface area contributed by atoms with E-state index in [1.54, 1.807) is 11.1 Å². The summed E-state index contributed by atoms with van der Waals surface area (Å²) in [6.07, 6.45) is 11.2. The van der Waals surface area contributed by atoms with Crippen LogP contribution in [-0.4, -0.2) is 0 Å². The highest BCUT2D eigenvalue weighted by atomic mass is 14.5. The Morgan fingerprint density at radius 1 is 0.500 bits per heavy atom. The second-order valence-corrected chi connectivity index (χ2v) is 11.0. The molecular weight excluding hydrogens is 432 g/mol. The third kappa shape index (κ3) is 3.21. The molecule has 4 aromatic rings. The van der Waals surface area contributed by atoms with Crippen LogP contribution in [0, 0.1) is 19.3 Å². The van der Waals surface area contributed by atoms with E-state index in [1.807, 2.05) is 0 Å². The number of allylic oxidation sites excluding steroid dienone is 2. The second-order valence-electron chi connectivity index (χ2n) is 11.0. The maximum atomic E-state index is 2.57. The Balaban J connectivity index is 1.31. The van der Waals surface area contributed by atoms with Gasteiger partial charge in [-0.1, -0.05) is 115 Å². The summed E-state index contributed by atoms with van der Waals surface area (Å²) in [5.41, 5.74) is 17.6. The van der Waals surface area contributed by atoms with Crippen LogP contribution in [0.2, 0.25) is 0 Å². The number of fused-ring (bicyclic) bond motifs is 2. The first-order chi connectivity index (χ1) is 17.6. The maximum absolute atomic E-state index is 2.57. The lowest BCUT2D eigenvalue weighted by atomic mass is 9.59. The molecule has 0 radical (unpaired) electrons. The minimum absolute atomic E-state index is 0.226. The summed E-state index contributed by atoms with van der Waals surface area (Å²) in [5.74, 6) is 0. The average Bonchev–Trinajstić information content (AvgIpc) is 3.49. The zero-order chi connectivity index (χ0) is 24.3. The van der Waals surface area contributed by atoms with Gasteiger partial charge in [0.25, 0.3) is 0 Å². The molecule has 176 valence electrons. The first kappa shape index (κ1) is 21.6. The van der Waals surface area contributed by atoms with Gasteiger partial charge in [0, 0.05) is 5.41 Å². The molecule has 0 N–H and O–H groups in total. The number of hydrogen-bond donors (Lipinski definition) is 0. The van der Waals surface area contributed by atoms with Crippen molar-refractivity contribution in [1.29, 1.82) is 0 Å². The summed E-state index contributed by atoms with van der Waals surface area (Å²) in [6, 6.07) is 31.5. The van der Waals surface area contributed by atoms with Gasteiger partial charge < -0.3 is 0 Å². The minimum atomic E-state index is 0.226. The highest BCUT2D eigenvalue weighted by molar-refractivity contribution is 5.85. The van der Waals surface area contributed by atoms with Crippen molar-refractivity contribution in [2.24, 2.45) is 5.41 Å². The Bertz CT molecular complexity index is 1460. The molecule has 0 aromatic heterocycles. The zero-order valence-electron chi connectivity index (χ0n) is 21.3. The van der Waals surface area contributed by atoms with E-state index in [0.717, 1.165) is 12.8 Å². The van der Waals surface area contributed by atoms with Crippen molar-refractivity contribution in [3.63, 3.8) is 0 Å². The molecule has 0 heterocycles. The standard InChI is InChI=1S/C36H32/c1-24-10-3-5-14-30(24)32-16-7-12-26-20-28(22-34(26)32)36(18-9-19-36)29-21-27-13-8-17-33(35(27)23-29)31-15-6-4-11-25(31)2/h3-8,10-17,22-23H,9,18-21H2,1-2H3. The van der Waals surface area contributed by atoms with E-state index in [-0.39, 0.29) is 5.41 Å². The van der Waals surface area contributed by atoms with E-state index < -0.39 is 0 Å². The molecule has 0 unspecified atom stereocenters. The summed E-state index contributed by atoms with van der Waals surface area (Å²) < 4.78 is 0. The monoisotopic (exact) mass is 464 g/mol. The SMILES string of the molecule is Cc1ccccc1-c1cccc2c1C=C(C1(C3=Cc4c(cccc4-c4ccccc4C)C3)CCC1)C2. The lowest BCUT2D eigenvalue weighted by Gasteiger charge is -2.45. The van der Waals surface area contributed by atoms with Crippen LogP contribution in [0.15, 0.2) is 96.1 Å². The van der Waals surface area contributed by atoms with Crippen molar-refractivity contribution in [2.45, 2.75) is 46.0 Å². The molecule has 0 spiro atoms. The third-order valence-corrected chi connectivity index (χ3v) is 9.10. The van der Waals surface area contributed by atoms with E-state index in [2.05, 4.69) is 111 Å². The summed E-state index contributed by atoms with van der Waals surface area (Å²) in [4.78, 5) is 0. The Hall–Kier alpha value is -3.64. The molecule has 0 aliphatic heterocycles. The van der Waals surface area contributed by atoms with Crippen molar-refractivity contribution in [1.82, 2.24) is 0 Å². The molecule has 0 amide bonds. The largest absolute Gasteiger partial charge is 0.0620 e. The molecule has 7 rings (SSSR count). The smallest absolute Gasteiger partial charge is 0.0134 e. The first-order valence-electron chi connectivity index (χ1n) is 13.4. The molecule has 36 heavy (non-hydrogen) atoms. The summed E-state index contributed by atoms with van der Waals surface area (Å²) >= 11 is 0. The van der Waals surface area contributed by atoms with Gasteiger partial charge in [0.05, 0.1) is 0 Å². The Morgan fingerprint density at radius 2 is 0.944 bits per heavy atom. The van der Waals surface area contributed by atoms with Crippen LogP contribution in [0.3, 0.4) is 0 Å². The van der Waals surface area contributed by atoms with Crippen molar-refractivity contribution < 1.29 is 0 Å². The van der Waals surface area contributed by atoms with Gasteiger partial charge in [-0.05, 0) is 95.2 Å². The molecular formula is C36H32. The molecule has 1 fully saturated rings. The van der Waals surface area contributed by atoms with Crippen LogP contribution in [0.25, 0.3) is 34.4 Å². The van der Waals surface area contributed by atoms with Crippen LogP contribution in [0.5, 0.6) is 0 Å². The lowest BCUT2D eigenvalue weighted by Crippen LogP contribution is -2.34. The summed E-state index contributed by atoms with van der Waals surface area (Å²) in [5, 5.41) is 0. The normalized spacial score (nSPS) is 17.2. The number of rotatable bonds is 4. The number of benzene rings is 4. The van der Waals surface area contributed by atoms with E-state index in [4.69, 9.17) is 0 Å². The summed E-state index contributed by atoms with van der Waals surface area (Å²) in [6.45, 7) is 4.46. The van der Waals surface area contributed by atoms with E-state index in [0.29, 0.717) is 0 Å². The molecule has 4 aromatic carbocycles. The number of aryl methyl sites for hydroxylation is 2. The molecule has 0 nitrogen and oxygen atoms in total. The van der Waals surface area contributed by atoms with Gasteiger partial charge in [0.15, 0.2) is 0 Å². The van der Waals surface area contributed by atoms with Crippen molar-refractivity contribution in [3.05, 3.63) is 129 Å². The van der Waals surface area contributed by atoms with Crippen LogP contribution in [0.4, 0.5) is 0 Å². The van der Waals surface area contributed by atoms with Crippen molar-refractivity contribution >= 4 is 12.2 Å².